The highest BCUT2D eigenvalue weighted by Gasteiger charge is 2.11. The summed E-state index contributed by atoms with van der Waals surface area (Å²) in [6, 6.07) is 0.0197. The molecule has 0 fully saturated rings. The number of rotatable bonds is 1. The Labute approximate surface area is 60.2 Å². The van der Waals surface area contributed by atoms with Gasteiger partial charge in [-0.05, 0) is 20.8 Å². The summed E-state index contributed by atoms with van der Waals surface area (Å²) in [6.07, 6.45) is 0. The number of aryl methyl sites for hydroxylation is 2. The van der Waals surface area contributed by atoms with Crippen molar-refractivity contribution in [3.63, 3.8) is 0 Å². The molecule has 0 aromatic carbocycles. The Hall–Kier alpha value is -0.830. The van der Waals surface area contributed by atoms with Gasteiger partial charge in [0.15, 0.2) is 0 Å². The van der Waals surface area contributed by atoms with E-state index in [9.17, 15) is 0 Å². The predicted octanol–water partition coefficient (Wildman–Crippen LogP) is 1.31. The fraction of sp³-hybridized carbons (Fsp3) is 0.571. The van der Waals surface area contributed by atoms with Crippen molar-refractivity contribution < 1.29 is 4.52 Å². The highest BCUT2D eigenvalue weighted by atomic mass is 16.5. The Bertz CT molecular complexity index is 208. The van der Waals surface area contributed by atoms with Crippen LogP contribution in [0.25, 0.3) is 0 Å². The number of aromatic nitrogens is 1. The van der Waals surface area contributed by atoms with Crippen LogP contribution < -0.4 is 5.73 Å². The first-order valence-corrected chi connectivity index (χ1v) is 3.31. The quantitative estimate of drug-likeness (QED) is 0.639. The highest BCUT2D eigenvalue weighted by molar-refractivity contribution is 5.23. The van der Waals surface area contributed by atoms with Crippen molar-refractivity contribution in [2.75, 3.05) is 0 Å². The molecule has 2 N–H and O–H groups in total. The standard InChI is InChI=1S/C7H12N2O/c1-4(8)7-5(2)9-10-6(7)3/h4H,8H2,1-3H3/t4-/m0/s1. The van der Waals surface area contributed by atoms with Crippen LogP contribution in [0.2, 0.25) is 0 Å². The van der Waals surface area contributed by atoms with Gasteiger partial charge in [0.25, 0.3) is 0 Å². The first-order chi connectivity index (χ1) is 4.63. The van der Waals surface area contributed by atoms with E-state index in [0.717, 1.165) is 17.0 Å². The summed E-state index contributed by atoms with van der Waals surface area (Å²) in [5.74, 6) is 0.826. The van der Waals surface area contributed by atoms with Gasteiger partial charge in [-0.25, -0.2) is 0 Å². The fourth-order valence-electron chi connectivity index (χ4n) is 1.14. The van der Waals surface area contributed by atoms with E-state index in [1.807, 2.05) is 20.8 Å². The van der Waals surface area contributed by atoms with Gasteiger partial charge < -0.3 is 10.3 Å². The first kappa shape index (κ1) is 7.28. The largest absolute Gasteiger partial charge is 0.361 e. The molecule has 1 atom stereocenters. The summed E-state index contributed by atoms with van der Waals surface area (Å²) < 4.78 is 4.93. The van der Waals surface area contributed by atoms with E-state index in [-0.39, 0.29) is 6.04 Å². The highest BCUT2D eigenvalue weighted by Crippen LogP contribution is 2.18. The van der Waals surface area contributed by atoms with Gasteiger partial charge in [-0.2, -0.15) is 0 Å². The number of hydrogen-bond acceptors (Lipinski definition) is 3. The van der Waals surface area contributed by atoms with E-state index in [1.165, 1.54) is 0 Å². The van der Waals surface area contributed by atoms with Crippen LogP contribution in [0.3, 0.4) is 0 Å². The molecule has 0 amide bonds. The predicted molar refractivity (Wildman–Crippen MR) is 38.6 cm³/mol. The minimum atomic E-state index is 0.0197. The number of nitrogens with two attached hydrogens (primary N) is 1. The minimum absolute atomic E-state index is 0.0197. The molecule has 0 saturated carbocycles. The molecule has 56 valence electrons. The van der Waals surface area contributed by atoms with Gasteiger partial charge in [-0.15, -0.1) is 0 Å². The lowest BCUT2D eigenvalue weighted by molar-refractivity contribution is 0.391. The van der Waals surface area contributed by atoms with Crippen LogP contribution in [0.15, 0.2) is 4.52 Å². The maximum Gasteiger partial charge on any atom is 0.138 e. The molecule has 3 heteroatoms. The molecule has 0 radical (unpaired) electrons. The molecule has 1 aromatic heterocycles. The third-order valence-electron chi connectivity index (χ3n) is 1.54. The van der Waals surface area contributed by atoms with Gasteiger partial charge in [0.05, 0.1) is 5.69 Å². The lowest BCUT2D eigenvalue weighted by Crippen LogP contribution is -2.06. The van der Waals surface area contributed by atoms with E-state index in [1.54, 1.807) is 0 Å². The van der Waals surface area contributed by atoms with Gasteiger partial charge in [0, 0.05) is 11.6 Å². The second-order valence-corrected chi connectivity index (χ2v) is 2.53. The molecule has 0 unspecified atom stereocenters. The fourth-order valence-corrected chi connectivity index (χ4v) is 1.14. The van der Waals surface area contributed by atoms with Gasteiger partial charge in [-0.1, -0.05) is 5.16 Å². The lowest BCUT2D eigenvalue weighted by atomic mass is 10.1. The summed E-state index contributed by atoms with van der Waals surface area (Å²) in [6.45, 7) is 5.69. The molecule has 1 rings (SSSR count). The summed E-state index contributed by atoms with van der Waals surface area (Å²) in [7, 11) is 0. The maximum atomic E-state index is 5.66. The second kappa shape index (κ2) is 2.42. The third kappa shape index (κ3) is 1.04. The van der Waals surface area contributed by atoms with Crippen molar-refractivity contribution in [3.05, 3.63) is 17.0 Å². The molecule has 0 aliphatic heterocycles. The molecule has 3 nitrogen and oxygen atoms in total. The van der Waals surface area contributed by atoms with Gasteiger partial charge in [0.2, 0.25) is 0 Å². The van der Waals surface area contributed by atoms with E-state index in [4.69, 9.17) is 10.3 Å². The molecule has 0 aliphatic rings. The normalized spacial score (nSPS) is 13.6. The minimum Gasteiger partial charge on any atom is -0.361 e. The van der Waals surface area contributed by atoms with Crippen molar-refractivity contribution in [2.24, 2.45) is 5.73 Å². The van der Waals surface area contributed by atoms with Crippen LogP contribution in [-0.4, -0.2) is 5.16 Å². The zero-order valence-electron chi connectivity index (χ0n) is 6.51. The van der Waals surface area contributed by atoms with Crippen LogP contribution in [-0.2, 0) is 0 Å². The number of hydrogen-bond donors (Lipinski definition) is 1. The summed E-state index contributed by atoms with van der Waals surface area (Å²) in [4.78, 5) is 0. The molecular formula is C7H12N2O. The zero-order valence-corrected chi connectivity index (χ0v) is 6.51. The second-order valence-electron chi connectivity index (χ2n) is 2.53. The molecule has 0 spiro atoms. The molecule has 0 bridgehead atoms. The first-order valence-electron chi connectivity index (χ1n) is 3.31. The Morgan fingerprint density at radius 2 is 2.10 bits per heavy atom. The smallest absolute Gasteiger partial charge is 0.138 e. The average Bonchev–Trinajstić information content (AvgIpc) is 2.11. The SMILES string of the molecule is Cc1noc(C)c1[C@H](C)N. The van der Waals surface area contributed by atoms with E-state index < -0.39 is 0 Å². The van der Waals surface area contributed by atoms with Crippen LogP contribution in [0.4, 0.5) is 0 Å². The Balaban J connectivity index is 3.10. The third-order valence-corrected chi connectivity index (χ3v) is 1.54. The van der Waals surface area contributed by atoms with Crippen LogP contribution >= 0.6 is 0 Å². The van der Waals surface area contributed by atoms with Crippen molar-refractivity contribution in [3.8, 4) is 0 Å². The average molecular weight is 140 g/mol. The topological polar surface area (TPSA) is 52.0 Å². The summed E-state index contributed by atoms with van der Waals surface area (Å²) in [5, 5.41) is 3.78. The van der Waals surface area contributed by atoms with Crippen molar-refractivity contribution in [1.82, 2.24) is 5.16 Å². The Kier molecular flexibility index (Phi) is 1.76. The van der Waals surface area contributed by atoms with Crippen molar-refractivity contribution >= 4 is 0 Å². The molecule has 10 heavy (non-hydrogen) atoms. The lowest BCUT2D eigenvalue weighted by Gasteiger charge is -2.01. The number of nitrogens with zero attached hydrogens (tertiary/aromatic N) is 1. The molecule has 1 heterocycles. The summed E-state index contributed by atoms with van der Waals surface area (Å²) >= 11 is 0. The van der Waals surface area contributed by atoms with Gasteiger partial charge in [-0.3, -0.25) is 0 Å². The monoisotopic (exact) mass is 140 g/mol. The Morgan fingerprint density at radius 3 is 2.30 bits per heavy atom. The van der Waals surface area contributed by atoms with Gasteiger partial charge in [0.1, 0.15) is 5.76 Å². The van der Waals surface area contributed by atoms with Crippen LogP contribution in [0.5, 0.6) is 0 Å². The van der Waals surface area contributed by atoms with Crippen molar-refractivity contribution in [1.29, 1.82) is 0 Å². The van der Waals surface area contributed by atoms with Crippen molar-refractivity contribution in [2.45, 2.75) is 26.8 Å². The molecular weight excluding hydrogens is 128 g/mol. The Morgan fingerprint density at radius 1 is 1.50 bits per heavy atom. The van der Waals surface area contributed by atoms with Crippen LogP contribution in [0, 0.1) is 13.8 Å². The van der Waals surface area contributed by atoms with Gasteiger partial charge >= 0.3 is 0 Å². The zero-order chi connectivity index (χ0) is 7.72. The van der Waals surface area contributed by atoms with E-state index in [2.05, 4.69) is 5.16 Å². The molecule has 1 aromatic rings. The molecule has 0 saturated heterocycles. The molecule has 0 aliphatic carbocycles. The van der Waals surface area contributed by atoms with E-state index >= 15 is 0 Å². The summed E-state index contributed by atoms with van der Waals surface area (Å²) in [5.41, 5.74) is 7.58. The van der Waals surface area contributed by atoms with Crippen LogP contribution in [0.1, 0.15) is 30.0 Å². The maximum absolute atomic E-state index is 5.66. The van der Waals surface area contributed by atoms with E-state index in [0.29, 0.717) is 0 Å².